The van der Waals surface area contributed by atoms with E-state index in [1.807, 2.05) is 17.9 Å². The molecule has 114 valence electrons. The standard InChI is InChI=1S/C15H29N5/c1-4-14(16)15(13-11-17-19(3)12-13)18(2)9-10-20-7-5-6-8-20/h11-12,14-15H,4-10,16H2,1-3H3. The summed E-state index contributed by atoms with van der Waals surface area (Å²) in [5.74, 6) is 0. The lowest BCUT2D eigenvalue weighted by atomic mass is 9.99. The van der Waals surface area contributed by atoms with Gasteiger partial charge in [0.25, 0.3) is 0 Å². The first-order chi connectivity index (χ1) is 9.61. The number of likely N-dealkylation sites (tertiary alicyclic amines) is 1. The SMILES string of the molecule is CCC(N)C(c1cnn(C)c1)N(C)CCN1CCCC1. The van der Waals surface area contributed by atoms with Crippen LogP contribution in [-0.4, -0.2) is 58.8 Å². The minimum absolute atomic E-state index is 0.155. The van der Waals surface area contributed by atoms with Gasteiger partial charge in [-0.1, -0.05) is 6.92 Å². The van der Waals surface area contributed by atoms with Crippen molar-refractivity contribution in [3.8, 4) is 0 Å². The van der Waals surface area contributed by atoms with Gasteiger partial charge in [-0.3, -0.25) is 9.58 Å². The maximum Gasteiger partial charge on any atom is 0.0538 e. The van der Waals surface area contributed by atoms with Crippen LogP contribution in [0.25, 0.3) is 0 Å². The number of hydrogen-bond donors (Lipinski definition) is 1. The van der Waals surface area contributed by atoms with Crippen molar-refractivity contribution in [2.45, 2.75) is 38.3 Å². The van der Waals surface area contributed by atoms with Crippen LogP contribution >= 0.6 is 0 Å². The third-order valence-corrected chi connectivity index (χ3v) is 4.39. The van der Waals surface area contributed by atoms with Gasteiger partial charge in [-0.2, -0.15) is 5.10 Å². The molecule has 5 nitrogen and oxygen atoms in total. The number of aryl methyl sites for hydroxylation is 1. The molecular formula is C15H29N5. The first-order valence-corrected chi connectivity index (χ1v) is 7.78. The monoisotopic (exact) mass is 279 g/mol. The highest BCUT2D eigenvalue weighted by molar-refractivity contribution is 5.13. The van der Waals surface area contributed by atoms with E-state index in [-0.39, 0.29) is 12.1 Å². The van der Waals surface area contributed by atoms with Crippen molar-refractivity contribution in [3.05, 3.63) is 18.0 Å². The van der Waals surface area contributed by atoms with Crippen LogP contribution < -0.4 is 5.73 Å². The lowest BCUT2D eigenvalue weighted by Crippen LogP contribution is -2.41. The smallest absolute Gasteiger partial charge is 0.0538 e. The second-order valence-electron chi connectivity index (χ2n) is 5.99. The van der Waals surface area contributed by atoms with Crippen LogP contribution in [0, 0.1) is 0 Å². The quantitative estimate of drug-likeness (QED) is 0.815. The Bertz CT molecular complexity index is 397. The molecule has 0 aromatic carbocycles. The summed E-state index contributed by atoms with van der Waals surface area (Å²) in [4.78, 5) is 4.94. The highest BCUT2D eigenvalue weighted by atomic mass is 15.3. The van der Waals surface area contributed by atoms with Gasteiger partial charge in [0.2, 0.25) is 0 Å². The van der Waals surface area contributed by atoms with Gasteiger partial charge in [0.1, 0.15) is 0 Å². The lowest BCUT2D eigenvalue weighted by molar-refractivity contribution is 0.182. The summed E-state index contributed by atoms with van der Waals surface area (Å²) in [5.41, 5.74) is 7.58. The molecule has 1 aliphatic heterocycles. The fraction of sp³-hybridized carbons (Fsp3) is 0.800. The van der Waals surface area contributed by atoms with E-state index >= 15 is 0 Å². The molecular weight excluding hydrogens is 250 g/mol. The molecule has 2 unspecified atom stereocenters. The predicted molar refractivity (Wildman–Crippen MR) is 82.5 cm³/mol. The molecule has 2 N–H and O–H groups in total. The number of likely N-dealkylation sites (N-methyl/N-ethyl adjacent to an activating group) is 1. The van der Waals surface area contributed by atoms with E-state index in [2.05, 4.69) is 35.1 Å². The van der Waals surface area contributed by atoms with Gasteiger partial charge in [0.05, 0.1) is 12.2 Å². The van der Waals surface area contributed by atoms with Crippen LogP contribution in [0.4, 0.5) is 0 Å². The summed E-state index contributed by atoms with van der Waals surface area (Å²) < 4.78 is 1.86. The zero-order chi connectivity index (χ0) is 14.5. The van der Waals surface area contributed by atoms with E-state index < -0.39 is 0 Å². The Kier molecular flexibility index (Phi) is 5.57. The molecule has 0 aliphatic carbocycles. The Morgan fingerprint density at radius 2 is 2.10 bits per heavy atom. The molecule has 0 amide bonds. The van der Waals surface area contributed by atoms with Crippen molar-refractivity contribution in [1.82, 2.24) is 19.6 Å². The zero-order valence-corrected chi connectivity index (χ0v) is 13.1. The summed E-state index contributed by atoms with van der Waals surface area (Å²) >= 11 is 0. The summed E-state index contributed by atoms with van der Waals surface area (Å²) in [6.07, 6.45) is 7.72. The normalized spacial score (nSPS) is 19.6. The van der Waals surface area contributed by atoms with Gasteiger partial charge in [0.15, 0.2) is 0 Å². The third kappa shape index (κ3) is 3.81. The molecule has 2 heterocycles. The van der Waals surface area contributed by atoms with Gasteiger partial charge in [-0.25, -0.2) is 0 Å². The van der Waals surface area contributed by atoms with E-state index in [9.17, 15) is 0 Å². The second kappa shape index (κ2) is 7.20. The zero-order valence-electron chi connectivity index (χ0n) is 13.1. The maximum absolute atomic E-state index is 6.35. The largest absolute Gasteiger partial charge is 0.326 e. The van der Waals surface area contributed by atoms with Crippen molar-refractivity contribution in [2.24, 2.45) is 12.8 Å². The second-order valence-corrected chi connectivity index (χ2v) is 5.99. The topological polar surface area (TPSA) is 50.3 Å². The molecule has 0 saturated carbocycles. The fourth-order valence-corrected chi connectivity index (χ4v) is 3.09. The molecule has 1 aromatic rings. The van der Waals surface area contributed by atoms with Crippen molar-refractivity contribution in [3.63, 3.8) is 0 Å². The third-order valence-electron chi connectivity index (χ3n) is 4.39. The average molecular weight is 279 g/mol. The van der Waals surface area contributed by atoms with Gasteiger partial charge in [0, 0.05) is 37.9 Å². The summed E-state index contributed by atoms with van der Waals surface area (Å²) in [7, 11) is 4.14. The molecule has 0 radical (unpaired) electrons. The van der Waals surface area contributed by atoms with Crippen LogP contribution in [0.3, 0.4) is 0 Å². The first-order valence-electron chi connectivity index (χ1n) is 7.78. The number of hydrogen-bond acceptors (Lipinski definition) is 4. The van der Waals surface area contributed by atoms with Crippen LogP contribution in [-0.2, 0) is 7.05 Å². The van der Waals surface area contributed by atoms with Crippen LogP contribution in [0.1, 0.15) is 37.8 Å². The van der Waals surface area contributed by atoms with E-state index in [1.165, 1.54) is 31.5 Å². The van der Waals surface area contributed by atoms with E-state index in [4.69, 9.17) is 5.73 Å². The van der Waals surface area contributed by atoms with Crippen molar-refractivity contribution in [2.75, 3.05) is 33.2 Å². The molecule has 2 atom stereocenters. The minimum atomic E-state index is 0.155. The van der Waals surface area contributed by atoms with Gasteiger partial charge in [-0.15, -0.1) is 0 Å². The lowest BCUT2D eigenvalue weighted by Gasteiger charge is -2.32. The highest BCUT2D eigenvalue weighted by Gasteiger charge is 2.25. The number of rotatable bonds is 7. The summed E-state index contributed by atoms with van der Waals surface area (Å²) in [5, 5.41) is 4.30. The molecule has 1 aromatic heterocycles. The van der Waals surface area contributed by atoms with E-state index in [0.29, 0.717) is 0 Å². The molecule has 20 heavy (non-hydrogen) atoms. The maximum atomic E-state index is 6.35. The van der Waals surface area contributed by atoms with Crippen LogP contribution in [0.5, 0.6) is 0 Å². The minimum Gasteiger partial charge on any atom is -0.326 e. The summed E-state index contributed by atoms with van der Waals surface area (Å²) in [6.45, 7) is 6.87. The van der Waals surface area contributed by atoms with Gasteiger partial charge >= 0.3 is 0 Å². The van der Waals surface area contributed by atoms with Crippen molar-refractivity contribution in [1.29, 1.82) is 0 Å². The Balaban J connectivity index is 1.98. The number of aromatic nitrogens is 2. The molecule has 0 bridgehead atoms. The first kappa shape index (κ1) is 15.5. The molecule has 1 saturated heterocycles. The Hall–Kier alpha value is -0.910. The molecule has 0 spiro atoms. The Labute approximate surface area is 122 Å². The predicted octanol–water partition coefficient (Wildman–Crippen LogP) is 1.23. The van der Waals surface area contributed by atoms with E-state index in [0.717, 1.165) is 19.5 Å². The van der Waals surface area contributed by atoms with Crippen LogP contribution in [0.2, 0.25) is 0 Å². The molecule has 5 heteroatoms. The fourth-order valence-electron chi connectivity index (χ4n) is 3.09. The van der Waals surface area contributed by atoms with E-state index in [1.54, 1.807) is 0 Å². The molecule has 1 aliphatic rings. The van der Waals surface area contributed by atoms with Gasteiger partial charge in [-0.05, 0) is 39.4 Å². The van der Waals surface area contributed by atoms with Gasteiger partial charge < -0.3 is 10.6 Å². The molecule has 2 rings (SSSR count). The Morgan fingerprint density at radius 1 is 1.40 bits per heavy atom. The van der Waals surface area contributed by atoms with Crippen molar-refractivity contribution < 1.29 is 0 Å². The molecule has 1 fully saturated rings. The number of nitrogens with two attached hydrogens (primary N) is 1. The number of nitrogens with zero attached hydrogens (tertiary/aromatic N) is 4. The van der Waals surface area contributed by atoms with Crippen LogP contribution in [0.15, 0.2) is 12.4 Å². The Morgan fingerprint density at radius 3 is 2.65 bits per heavy atom. The average Bonchev–Trinajstić information content (AvgIpc) is 3.08. The summed E-state index contributed by atoms with van der Waals surface area (Å²) in [6, 6.07) is 0.416. The highest BCUT2D eigenvalue weighted by Crippen LogP contribution is 2.23. The van der Waals surface area contributed by atoms with Crippen molar-refractivity contribution >= 4 is 0 Å².